The standard InChI is InChI=1S/C20H19N3O/c21-15-17(20(24)22-18-6-2-1-3-7-18)14-16-8-10-19(11-9-16)23-12-4-5-13-23/h1-3,6-11,14H,4-5,12-13H2,(H,22,24)/b17-14+. The van der Waals surface area contributed by atoms with Gasteiger partial charge >= 0.3 is 0 Å². The van der Waals surface area contributed by atoms with Gasteiger partial charge in [0.05, 0.1) is 0 Å². The number of carbonyl (C=O) groups is 1. The lowest BCUT2D eigenvalue weighted by Crippen LogP contribution is -2.17. The van der Waals surface area contributed by atoms with Crippen molar-refractivity contribution in [3.63, 3.8) is 0 Å². The number of anilines is 2. The molecule has 1 amide bonds. The van der Waals surface area contributed by atoms with Crippen LogP contribution in [0.15, 0.2) is 60.2 Å². The normalized spacial score (nSPS) is 14.3. The maximum atomic E-state index is 12.2. The minimum atomic E-state index is -0.396. The summed E-state index contributed by atoms with van der Waals surface area (Å²) in [6.45, 7) is 2.19. The number of hydrogen-bond donors (Lipinski definition) is 1. The highest BCUT2D eigenvalue weighted by molar-refractivity contribution is 6.09. The highest BCUT2D eigenvalue weighted by Gasteiger charge is 2.12. The molecule has 0 aliphatic carbocycles. The fourth-order valence-corrected chi connectivity index (χ4v) is 2.79. The first-order valence-electron chi connectivity index (χ1n) is 8.09. The highest BCUT2D eigenvalue weighted by Crippen LogP contribution is 2.21. The number of amides is 1. The first kappa shape index (κ1) is 15.8. The third kappa shape index (κ3) is 3.82. The molecule has 0 atom stereocenters. The molecule has 3 rings (SSSR count). The van der Waals surface area contributed by atoms with E-state index >= 15 is 0 Å². The molecule has 1 aliphatic heterocycles. The second-order valence-electron chi connectivity index (χ2n) is 5.78. The average molecular weight is 317 g/mol. The first-order chi connectivity index (χ1) is 11.8. The number of para-hydroxylation sites is 1. The third-order valence-corrected chi connectivity index (χ3v) is 4.07. The van der Waals surface area contributed by atoms with E-state index in [2.05, 4.69) is 10.2 Å². The van der Waals surface area contributed by atoms with E-state index in [0.29, 0.717) is 5.69 Å². The van der Waals surface area contributed by atoms with E-state index < -0.39 is 5.91 Å². The summed E-state index contributed by atoms with van der Waals surface area (Å²) in [7, 11) is 0. The summed E-state index contributed by atoms with van der Waals surface area (Å²) in [5.74, 6) is -0.396. The van der Waals surface area contributed by atoms with E-state index in [1.807, 2.05) is 48.5 Å². The van der Waals surface area contributed by atoms with Gasteiger partial charge < -0.3 is 10.2 Å². The second kappa shape index (κ2) is 7.47. The Balaban J connectivity index is 1.72. The molecule has 1 heterocycles. The van der Waals surface area contributed by atoms with Gasteiger partial charge in [0.15, 0.2) is 0 Å². The molecular weight excluding hydrogens is 298 g/mol. The van der Waals surface area contributed by atoms with Gasteiger partial charge in [0.1, 0.15) is 11.6 Å². The van der Waals surface area contributed by atoms with Crippen LogP contribution in [-0.4, -0.2) is 19.0 Å². The Morgan fingerprint density at radius 1 is 1.04 bits per heavy atom. The van der Waals surface area contributed by atoms with Crippen LogP contribution >= 0.6 is 0 Å². The van der Waals surface area contributed by atoms with Crippen LogP contribution in [0.1, 0.15) is 18.4 Å². The topological polar surface area (TPSA) is 56.1 Å². The Morgan fingerprint density at radius 2 is 1.71 bits per heavy atom. The Morgan fingerprint density at radius 3 is 2.33 bits per heavy atom. The number of nitrogens with one attached hydrogen (secondary N) is 1. The fourth-order valence-electron chi connectivity index (χ4n) is 2.79. The Hall–Kier alpha value is -3.06. The molecule has 1 saturated heterocycles. The molecule has 0 unspecified atom stereocenters. The lowest BCUT2D eigenvalue weighted by molar-refractivity contribution is -0.112. The molecule has 0 radical (unpaired) electrons. The molecule has 4 nitrogen and oxygen atoms in total. The zero-order valence-corrected chi connectivity index (χ0v) is 13.4. The average Bonchev–Trinajstić information content (AvgIpc) is 3.15. The number of carbonyl (C=O) groups excluding carboxylic acids is 1. The summed E-state index contributed by atoms with van der Waals surface area (Å²) in [6, 6.07) is 19.1. The summed E-state index contributed by atoms with van der Waals surface area (Å²) in [4.78, 5) is 14.6. The van der Waals surface area contributed by atoms with Crippen LogP contribution in [0.3, 0.4) is 0 Å². The molecular formula is C20H19N3O. The largest absolute Gasteiger partial charge is 0.372 e. The van der Waals surface area contributed by atoms with E-state index in [4.69, 9.17) is 0 Å². The summed E-state index contributed by atoms with van der Waals surface area (Å²) in [5.41, 5.74) is 2.80. The quantitative estimate of drug-likeness (QED) is 0.688. The molecule has 2 aromatic rings. The van der Waals surface area contributed by atoms with Crippen molar-refractivity contribution in [3.8, 4) is 6.07 Å². The van der Waals surface area contributed by atoms with Crippen LogP contribution in [-0.2, 0) is 4.79 Å². The van der Waals surface area contributed by atoms with Gasteiger partial charge in [-0.3, -0.25) is 4.79 Å². The molecule has 24 heavy (non-hydrogen) atoms. The lowest BCUT2D eigenvalue weighted by atomic mass is 10.1. The second-order valence-corrected chi connectivity index (χ2v) is 5.78. The number of hydrogen-bond acceptors (Lipinski definition) is 3. The molecule has 1 aliphatic rings. The van der Waals surface area contributed by atoms with E-state index in [9.17, 15) is 10.1 Å². The predicted octanol–water partition coefficient (Wildman–Crippen LogP) is 3.83. The summed E-state index contributed by atoms with van der Waals surface area (Å²) < 4.78 is 0. The lowest BCUT2D eigenvalue weighted by Gasteiger charge is -2.17. The SMILES string of the molecule is N#C/C(=C\c1ccc(N2CCCC2)cc1)C(=O)Nc1ccccc1. The van der Waals surface area contributed by atoms with E-state index in [0.717, 1.165) is 18.7 Å². The molecule has 0 saturated carbocycles. The van der Waals surface area contributed by atoms with Crippen LogP contribution in [0.2, 0.25) is 0 Å². The maximum Gasteiger partial charge on any atom is 0.266 e. The smallest absolute Gasteiger partial charge is 0.266 e. The van der Waals surface area contributed by atoms with Gasteiger partial charge in [0.2, 0.25) is 0 Å². The number of nitrogens with zero attached hydrogens (tertiary/aromatic N) is 2. The van der Waals surface area contributed by atoms with Gasteiger partial charge in [0.25, 0.3) is 5.91 Å². The maximum absolute atomic E-state index is 12.2. The Bertz CT molecular complexity index is 767. The van der Waals surface area contributed by atoms with Crippen LogP contribution in [0.25, 0.3) is 6.08 Å². The Kier molecular flexibility index (Phi) is 4.93. The zero-order chi connectivity index (χ0) is 16.8. The number of rotatable bonds is 4. The van der Waals surface area contributed by atoms with Crippen molar-refractivity contribution in [2.24, 2.45) is 0 Å². The Labute approximate surface area is 142 Å². The van der Waals surface area contributed by atoms with Gasteiger partial charge in [-0.1, -0.05) is 30.3 Å². The van der Waals surface area contributed by atoms with Gasteiger partial charge in [-0.2, -0.15) is 5.26 Å². The molecule has 0 spiro atoms. The van der Waals surface area contributed by atoms with Crippen LogP contribution in [0, 0.1) is 11.3 Å². The first-order valence-corrected chi connectivity index (χ1v) is 8.09. The predicted molar refractivity (Wildman–Crippen MR) is 96.6 cm³/mol. The molecule has 2 aromatic carbocycles. The summed E-state index contributed by atoms with van der Waals surface area (Å²) in [5, 5.41) is 12.0. The van der Waals surface area contributed by atoms with Gasteiger partial charge in [-0.05, 0) is 48.7 Å². The van der Waals surface area contributed by atoms with Crippen LogP contribution in [0.5, 0.6) is 0 Å². The fraction of sp³-hybridized carbons (Fsp3) is 0.200. The van der Waals surface area contributed by atoms with Crippen LogP contribution < -0.4 is 10.2 Å². The van der Waals surface area contributed by atoms with Crippen molar-refractivity contribution < 1.29 is 4.79 Å². The van der Waals surface area contributed by atoms with Crippen molar-refractivity contribution in [3.05, 3.63) is 65.7 Å². The van der Waals surface area contributed by atoms with Crippen molar-refractivity contribution >= 4 is 23.4 Å². The zero-order valence-electron chi connectivity index (χ0n) is 13.4. The van der Waals surface area contributed by atoms with Crippen molar-refractivity contribution in [1.82, 2.24) is 0 Å². The van der Waals surface area contributed by atoms with Crippen LogP contribution in [0.4, 0.5) is 11.4 Å². The van der Waals surface area contributed by atoms with E-state index in [1.54, 1.807) is 18.2 Å². The van der Waals surface area contributed by atoms with Gasteiger partial charge in [-0.25, -0.2) is 0 Å². The molecule has 0 aromatic heterocycles. The number of nitriles is 1. The summed E-state index contributed by atoms with van der Waals surface area (Å²) in [6.07, 6.45) is 4.09. The van der Waals surface area contributed by atoms with E-state index in [-0.39, 0.29) is 5.57 Å². The van der Waals surface area contributed by atoms with Crippen molar-refractivity contribution in [2.75, 3.05) is 23.3 Å². The molecule has 4 heteroatoms. The van der Waals surface area contributed by atoms with Gasteiger partial charge in [-0.15, -0.1) is 0 Å². The summed E-state index contributed by atoms with van der Waals surface area (Å²) >= 11 is 0. The van der Waals surface area contributed by atoms with Gasteiger partial charge in [0, 0.05) is 24.5 Å². The van der Waals surface area contributed by atoms with E-state index in [1.165, 1.54) is 18.5 Å². The monoisotopic (exact) mass is 317 g/mol. The minimum Gasteiger partial charge on any atom is -0.372 e. The molecule has 1 fully saturated rings. The molecule has 1 N–H and O–H groups in total. The molecule has 0 bridgehead atoms. The number of benzene rings is 2. The van der Waals surface area contributed by atoms with Crippen molar-refractivity contribution in [1.29, 1.82) is 5.26 Å². The third-order valence-electron chi connectivity index (χ3n) is 4.07. The molecule has 120 valence electrons. The minimum absolute atomic E-state index is 0.0905. The van der Waals surface area contributed by atoms with Crippen molar-refractivity contribution in [2.45, 2.75) is 12.8 Å². The highest BCUT2D eigenvalue weighted by atomic mass is 16.1.